The zero-order valence-electron chi connectivity index (χ0n) is 7.39. The summed E-state index contributed by atoms with van der Waals surface area (Å²) in [4.78, 5) is 0. The number of aliphatic hydroxyl groups is 1. The Balaban J connectivity index is 1.99. The lowest BCUT2D eigenvalue weighted by Gasteiger charge is -2.09. The molecule has 13 heavy (non-hydrogen) atoms. The van der Waals surface area contributed by atoms with Gasteiger partial charge in [-0.3, -0.25) is 0 Å². The van der Waals surface area contributed by atoms with Crippen LogP contribution in [0.4, 0.5) is 0 Å². The minimum Gasteiger partial charge on any atom is -0.388 e. The van der Waals surface area contributed by atoms with E-state index < -0.39 is 0 Å². The summed E-state index contributed by atoms with van der Waals surface area (Å²) >= 11 is 0. The van der Waals surface area contributed by atoms with Gasteiger partial charge in [0.2, 0.25) is 0 Å². The highest BCUT2D eigenvalue weighted by molar-refractivity contribution is 4.83. The Labute approximate surface area is 76.3 Å². The van der Waals surface area contributed by atoms with Crippen LogP contribution in [0.25, 0.3) is 0 Å². The van der Waals surface area contributed by atoms with E-state index in [2.05, 4.69) is 10.2 Å². The third kappa shape index (κ3) is 1.87. The molecule has 1 aliphatic rings. The van der Waals surface area contributed by atoms with Crippen LogP contribution in [0, 0.1) is 5.92 Å². The molecule has 0 aliphatic carbocycles. The number of nitrogens with zero attached hydrogens (tertiary/aromatic N) is 3. The van der Waals surface area contributed by atoms with E-state index in [1.165, 1.54) is 0 Å². The average molecular weight is 183 g/mol. The molecule has 1 atom stereocenters. The quantitative estimate of drug-likeness (QED) is 0.705. The SMILES string of the molecule is OCc1nncn1CC1CCOC1. The molecule has 2 heterocycles. The van der Waals surface area contributed by atoms with Crippen molar-refractivity contribution in [3.63, 3.8) is 0 Å². The van der Waals surface area contributed by atoms with Crippen molar-refractivity contribution in [1.82, 2.24) is 14.8 Å². The van der Waals surface area contributed by atoms with Crippen molar-refractivity contribution in [1.29, 1.82) is 0 Å². The highest BCUT2D eigenvalue weighted by atomic mass is 16.5. The molecule has 0 aromatic carbocycles. The van der Waals surface area contributed by atoms with Crippen LogP contribution in [0.5, 0.6) is 0 Å². The second-order valence-corrected chi connectivity index (χ2v) is 3.29. The summed E-state index contributed by atoms with van der Waals surface area (Å²) in [6.07, 6.45) is 2.74. The van der Waals surface area contributed by atoms with Crippen LogP contribution in [0.1, 0.15) is 12.2 Å². The van der Waals surface area contributed by atoms with Gasteiger partial charge in [-0.1, -0.05) is 0 Å². The van der Waals surface area contributed by atoms with Crippen molar-refractivity contribution in [3.05, 3.63) is 12.2 Å². The molecule has 72 valence electrons. The second kappa shape index (κ2) is 3.85. The fraction of sp³-hybridized carbons (Fsp3) is 0.750. The van der Waals surface area contributed by atoms with Gasteiger partial charge in [0.05, 0.1) is 6.61 Å². The molecule has 1 aliphatic heterocycles. The molecule has 0 spiro atoms. The maximum Gasteiger partial charge on any atom is 0.158 e. The smallest absolute Gasteiger partial charge is 0.158 e. The van der Waals surface area contributed by atoms with E-state index in [9.17, 15) is 0 Å². The predicted octanol–water partition coefficient (Wildman–Crippen LogP) is -0.193. The molecule has 0 bridgehead atoms. The van der Waals surface area contributed by atoms with Gasteiger partial charge >= 0.3 is 0 Å². The molecule has 1 saturated heterocycles. The number of hydrogen-bond acceptors (Lipinski definition) is 4. The van der Waals surface area contributed by atoms with Gasteiger partial charge in [-0.15, -0.1) is 10.2 Å². The standard InChI is InChI=1S/C8H13N3O2/c12-4-8-10-9-6-11(8)3-7-1-2-13-5-7/h6-7,12H,1-5H2. The summed E-state index contributed by atoms with van der Waals surface area (Å²) in [7, 11) is 0. The number of rotatable bonds is 3. The van der Waals surface area contributed by atoms with E-state index in [0.717, 1.165) is 26.2 Å². The molecular weight excluding hydrogens is 170 g/mol. The minimum atomic E-state index is -0.0480. The first kappa shape index (κ1) is 8.65. The van der Waals surface area contributed by atoms with Crippen LogP contribution in [0.3, 0.4) is 0 Å². The maximum absolute atomic E-state index is 8.93. The lowest BCUT2D eigenvalue weighted by atomic mass is 10.1. The Bertz CT molecular complexity index is 268. The van der Waals surface area contributed by atoms with Crippen LogP contribution in [0.2, 0.25) is 0 Å². The van der Waals surface area contributed by atoms with E-state index in [4.69, 9.17) is 9.84 Å². The fourth-order valence-corrected chi connectivity index (χ4v) is 1.56. The average Bonchev–Trinajstić information content (AvgIpc) is 2.76. The number of aromatic nitrogens is 3. The summed E-state index contributed by atoms with van der Waals surface area (Å²) < 4.78 is 7.15. The molecule has 0 amide bonds. The van der Waals surface area contributed by atoms with Crippen molar-refractivity contribution in [3.8, 4) is 0 Å². The zero-order chi connectivity index (χ0) is 9.10. The van der Waals surface area contributed by atoms with Crippen LogP contribution in [-0.4, -0.2) is 33.1 Å². The lowest BCUT2D eigenvalue weighted by Crippen LogP contribution is -2.12. The first-order valence-electron chi connectivity index (χ1n) is 4.45. The monoisotopic (exact) mass is 183 g/mol. The van der Waals surface area contributed by atoms with Crippen molar-refractivity contribution in [2.45, 2.75) is 19.6 Å². The number of hydrogen-bond donors (Lipinski definition) is 1. The normalized spacial score (nSPS) is 22.4. The van der Waals surface area contributed by atoms with Gasteiger partial charge in [0.1, 0.15) is 12.9 Å². The van der Waals surface area contributed by atoms with Gasteiger partial charge in [-0.05, 0) is 6.42 Å². The Morgan fingerprint density at radius 1 is 1.69 bits per heavy atom. The predicted molar refractivity (Wildman–Crippen MR) is 44.9 cm³/mol. The molecule has 5 nitrogen and oxygen atoms in total. The van der Waals surface area contributed by atoms with Gasteiger partial charge < -0.3 is 14.4 Å². The first-order valence-corrected chi connectivity index (χ1v) is 4.45. The van der Waals surface area contributed by atoms with Crippen LogP contribution in [-0.2, 0) is 17.9 Å². The van der Waals surface area contributed by atoms with Crippen molar-refractivity contribution < 1.29 is 9.84 Å². The zero-order valence-corrected chi connectivity index (χ0v) is 7.39. The summed E-state index contributed by atoms with van der Waals surface area (Å²) in [6.45, 7) is 2.46. The number of aliphatic hydroxyl groups excluding tert-OH is 1. The minimum absolute atomic E-state index is 0.0480. The van der Waals surface area contributed by atoms with Gasteiger partial charge in [-0.25, -0.2) is 0 Å². The van der Waals surface area contributed by atoms with Gasteiger partial charge in [-0.2, -0.15) is 0 Å². The number of ether oxygens (including phenoxy) is 1. The molecule has 1 aromatic heterocycles. The molecule has 5 heteroatoms. The molecule has 1 unspecified atom stereocenters. The van der Waals surface area contributed by atoms with E-state index in [0.29, 0.717) is 11.7 Å². The molecular formula is C8H13N3O2. The molecule has 0 radical (unpaired) electrons. The Morgan fingerprint density at radius 3 is 3.31 bits per heavy atom. The third-order valence-electron chi connectivity index (χ3n) is 2.32. The highest BCUT2D eigenvalue weighted by Crippen LogP contribution is 2.14. The van der Waals surface area contributed by atoms with E-state index in [1.807, 2.05) is 4.57 Å². The maximum atomic E-state index is 8.93. The van der Waals surface area contributed by atoms with Gasteiger partial charge in [0.15, 0.2) is 5.82 Å². The van der Waals surface area contributed by atoms with E-state index in [-0.39, 0.29) is 6.61 Å². The van der Waals surface area contributed by atoms with E-state index >= 15 is 0 Å². The first-order chi connectivity index (χ1) is 6.40. The molecule has 2 rings (SSSR count). The van der Waals surface area contributed by atoms with Crippen molar-refractivity contribution in [2.75, 3.05) is 13.2 Å². The van der Waals surface area contributed by atoms with Gasteiger partial charge in [0.25, 0.3) is 0 Å². The topological polar surface area (TPSA) is 60.2 Å². The van der Waals surface area contributed by atoms with Crippen LogP contribution in [0.15, 0.2) is 6.33 Å². The Morgan fingerprint density at radius 2 is 2.62 bits per heavy atom. The summed E-state index contributed by atoms with van der Waals surface area (Å²) in [5, 5.41) is 16.5. The van der Waals surface area contributed by atoms with Crippen LogP contribution >= 0.6 is 0 Å². The summed E-state index contributed by atoms with van der Waals surface area (Å²) in [5.74, 6) is 1.17. The molecule has 1 aromatic rings. The summed E-state index contributed by atoms with van der Waals surface area (Å²) in [6, 6.07) is 0. The molecule has 1 N–H and O–H groups in total. The molecule has 0 saturated carbocycles. The third-order valence-corrected chi connectivity index (χ3v) is 2.32. The highest BCUT2D eigenvalue weighted by Gasteiger charge is 2.17. The lowest BCUT2D eigenvalue weighted by molar-refractivity contribution is 0.181. The van der Waals surface area contributed by atoms with Crippen molar-refractivity contribution in [2.24, 2.45) is 5.92 Å². The second-order valence-electron chi connectivity index (χ2n) is 3.29. The Kier molecular flexibility index (Phi) is 2.56. The van der Waals surface area contributed by atoms with Crippen LogP contribution < -0.4 is 0 Å². The van der Waals surface area contributed by atoms with Gasteiger partial charge in [0, 0.05) is 19.1 Å². The van der Waals surface area contributed by atoms with Crippen molar-refractivity contribution >= 4 is 0 Å². The Hall–Kier alpha value is -0.940. The largest absolute Gasteiger partial charge is 0.388 e. The summed E-state index contributed by atoms with van der Waals surface area (Å²) in [5.41, 5.74) is 0. The van der Waals surface area contributed by atoms with E-state index in [1.54, 1.807) is 6.33 Å². The fourth-order valence-electron chi connectivity index (χ4n) is 1.56. The molecule has 1 fully saturated rings.